The number of hydrogen-bond donors (Lipinski definition) is 1. The van der Waals surface area contributed by atoms with Crippen LogP contribution in [0.15, 0.2) is 29.3 Å². The van der Waals surface area contributed by atoms with Crippen LogP contribution in [0.3, 0.4) is 0 Å². The SMILES string of the molecule is CC(C)(C)N=Cc1ccccc1O. The van der Waals surface area contributed by atoms with Crippen LogP contribution >= 0.6 is 0 Å². The number of phenolic OH excluding ortho intramolecular Hbond substituents is 1. The van der Waals surface area contributed by atoms with Crippen LogP contribution in [-0.4, -0.2) is 16.9 Å². The van der Waals surface area contributed by atoms with E-state index in [0.29, 0.717) is 0 Å². The quantitative estimate of drug-likeness (QED) is 0.657. The van der Waals surface area contributed by atoms with Crippen LogP contribution in [0.1, 0.15) is 26.3 Å². The third-order valence-electron chi connectivity index (χ3n) is 1.53. The molecule has 0 atom stereocenters. The summed E-state index contributed by atoms with van der Waals surface area (Å²) in [5.41, 5.74) is 0.667. The molecule has 0 spiro atoms. The molecule has 0 saturated carbocycles. The van der Waals surface area contributed by atoms with E-state index in [1.807, 2.05) is 32.9 Å². The van der Waals surface area contributed by atoms with Crippen molar-refractivity contribution in [1.82, 2.24) is 0 Å². The zero-order chi connectivity index (χ0) is 9.90. The van der Waals surface area contributed by atoms with E-state index in [-0.39, 0.29) is 11.3 Å². The fourth-order valence-electron chi connectivity index (χ4n) is 0.860. The maximum Gasteiger partial charge on any atom is 0.124 e. The van der Waals surface area contributed by atoms with Crippen molar-refractivity contribution in [2.24, 2.45) is 4.99 Å². The van der Waals surface area contributed by atoms with Gasteiger partial charge in [0.05, 0.1) is 5.54 Å². The predicted molar refractivity (Wildman–Crippen MR) is 55.5 cm³/mol. The summed E-state index contributed by atoms with van der Waals surface area (Å²) in [6.45, 7) is 6.05. The summed E-state index contributed by atoms with van der Waals surface area (Å²) in [7, 11) is 0. The van der Waals surface area contributed by atoms with Crippen molar-refractivity contribution in [3.05, 3.63) is 29.8 Å². The molecular formula is C11H15NO. The summed E-state index contributed by atoms with van der Waals surface area (Å²) < 4.78 is 0. The summed E-state index contributed by atoms with van der Waals surface area (Å²) >= 11 is 0. The Morgan fingerprint density at radius 3 is 2.38 bits per heavy atom. The highest BCUT2D eigenvalue weighted by atomic mass is 16.3. The molecule has 0 heterocycles. The van der Waals surface area contributed by atoms with Gasteiger partial charge in [-0.05, 0) is 32.9 Å². The molecule has 0 unspecified atom stereocenters. The van der Waals surface area contributed by atoms with Crippen LogP contribution in [0.5, 0.6) is 5.75 Å². The summed E-state index contributed by atoms with van der Waals surface area (Å²) in [6.07, 6.45) is 1.70. The Balaban J connectivity index is 2.86. The van der Waals surface area contributed by atoms with Gasteiger partial charge in [-0.15, -0.1) is 0 Å². The average molecular weight is 177 g/mol. The molecule has 70 valence electrons. The van der Waals surface area contributed by atoms with Gasteiger partial charge in [0.25, 0.3) is 0 Å². The van der Waals surface area contributed by atoms with E-state index >= 15 is 0 Å². The van der Waals surface area contributed by atoms with Crippen molar-refractivity contribution >= 4 is 6.21 Å². The normalized spacial score (nSPS) is 12.2. The largest absolute Gasteiger partial charge is 0.507 e. The zero-order valence-corrected chi connectivity index (χ0v) is 8.28. The third kappa shape index (κ3) is 3.28. The van der Waals surface area contributed by atoms with E-state index in [1.54, 1.807) is 18.3 Å². The molecule has 0 aliphatic heterocycles. The molecule has 0 fully saturated rings. The Labute approximate surface area is 78.9 Å². The fraction of sp³-hybridized carbons (Fsp3) is 0.364. The standard InChI is InChI=1S/C11H15NO/c1-11(2,3)12-8-9-6-4-5-7-10(9)13/h4-8,13H,1-3H3. The molecule has 13 heavy (non-hydrogen) atoms. The highest BCUT2D eigenvalue weighted by Crippen LogP contribution is 2.14. The second kappa shape index (κ2) is 3.60. The van der Waals surface area contributed by atoms with E-state index in [4.69, 9.17) is 0 Å². The van der Waals surface area contributed by atoms with E-state index in [9.17, 15) is 5.11 Å². The predicted octanol–water partition coefficient (Wildman–Crippen LogP) is 2.61. The Hall–Kier alpha value is -1.31. The Bertz CT molecular complexity index is 310. The van der Waals surface area contributed by atoms with Crippen molar-refractivity contribution < 1.29 is 5.11 Å². The summed E-state index contributed by atoms with van der Waals surface area (Å²) in [6, 6.07) is 7.17. The van der Waals surface area contributed by atoms with Gasteiger partial charge in [-0.1, -0.05) is 12.1 Å². The first-order valence-electron chi connectivity index (χ1n) is 4.32. The lowest BCUT2D eigenvalue weighted by molar-refractivity contribution is 0.474. The molecule has 0 saturated heterocycles. The number of para-hydroxylation sites is 1. The van der Waals surface area contributed by atoms with Gasteiger partial charge in [0.15, 0.2) is 0 Å². The van der Waals surface area contributed by atoms with Crippen LogP contribution in [0.4, 0.5) is 0 Å². The topological polar surface area (TPSA) is 32.6 Å². The fourth-order valence-corrected chi connectivity index (χ4v) is 0.860. The Morgan fingerprint density at radius 1 is 1.23 bits per heavy atom. The number of hydrogen-bond acceptors (Lipinski definition) is 2. The number of benzene rings is 1. The molecule has 1 N–H and O–H groups in total. The van der Waals surface area contributed by atoms with Gasteiger partial charge in [-0.3, -0.25) is 4.99 Å². The van der Waals surface area contributed by atoms with Crippen molar-refractivity contribution in [3.63, 3.8) is 0 Å². The first kappa shape index (κ1) is 9.78. The van der Waals surface area contributed by atoms with E-state index in [2.05, 4.69) is 4.99 Å². The minimum Gasteiger partial charge on any atom is -0.507 e. The Morgan fingerprint density at radius 2 is 1.85 bits per heavy atom. The molecule has 1 aromatic carbocycles. The van der Waals surface area contributed by atoms with E-state index < -0.39 is 0 Å². The van der Waals surface area contributed by atoms with E-state index in [0.717, 1.165) is 5.56 Å². The van der Waals surface area contributed by atoms with Gasteiger partial charge < -0.3 is 5.11 Å². The molecule has 0 bridgehead atoms. The summed E-state index contributed by atoms with van der Waals surface area (Å²) in [5, 5.41) is 9.42. The monoisotopic (exact) mass is 177 g/mol. The van der Waals surface area contributed by atoms with Crippen molar-refractivity contribution in [1.29, 1.82) is 0 Å². The second-order valence-electron chi connectivity index (χ2n) is 3.99. The molecule has 0 aliphatic rings. The molecule has 2 nitrogen and oxygen atoms in total. The summed E-state index contributed by atoms with van der Waals surface area (Å²) in [5.74, 6) is 0.274. The minimum atomic E-state index is -0.0950. The van der Waals surface area contributed by atoms with Crippen LogP contribution in [0, 0.1) is 0 Å². The molecular weight excluding hydrogens is 162 g/mol. The first-order valence-corrected chi connectivity index (χ1v) is 4.32. The molecule has 2 heteroatoms. The average Bonchev–Trinajstić information content (AvgIpc) is 2.01. The van der Waals surface area contributed by atoms with Crippen molar-refractivity contribution in [2.75, 3.05) is 0 Å². The van der Waals surface area contributed by atoms with Gasteiger partial charge >= 0.3 is 0 Å². The molecule has 0 amide bonds. The van der Waals surface area contributed by atoms with Crippen LogP contribution in [0.2, 0.25) is 0 Å². The van der Waals surface area contributed by atoms with Crippen molar-refractivity contribution in [3.8, 4) is 5.75 Å². The highest BCUT2D eigenvalue weighted by Gasteiger charge is 2.05. The molecule has 0 aromatic heterocycles. The van der Waals surface area contributed by atoms with Crippen LogP contribution in [-0.2, 0) is 0 Å². The van der Waals surface area contributed by atoms with Gasteiger partial charge in [0, 0.05) is 11.8 Å². The minimum absolute atomic E-state index is 0.0950. The van der Waals surface area contributed by atoms with Gasteiger partial charge in [0.1, 0.15) is 5.75 Å². The highest BCUT2D eigenvalue weighted by molar-refractivity contribution is 5.83. The van der Waals surface area contributed by atoms with E-state index in [1.165, 1.54) is 0 Å². The molecule has 1 aromatic rings. The van der Waals surface area contributed by atoms with Crippen LogP contribution < -0.4 is 0 Å². The van der Waals surface area contributed by atoms with Crippen molar-refractivity contribution in [2.45, 2.75) is 26.3 Å². The van der Waals surface area contributed by atoms with Crippen LogP contribution in [0.25, 0.3) is 0 Å². The van der Waals surface area contributed by atoms with Gasteiger partial charge in [-0.2, -0.15) is 0 Å². The van der Waals surface area contributed by atoms with Gasteiger partial charge in [-0.25, -0.2) is 0 Å². The third-order valence-corrected chi connectivity index (χ3v) is 1.53. The lowest BCUT2D eigenvalue weighted by atomic mass is 10.1. The number of aromatic hydroxyl groups is 1. The molecule has 0 radical (unpaired) electrons. The Kier molecular flexibility index (Phi) is 2.71. The maximum atomic E-state index is 9.42. The second-order valence-corrected chi connectivity index (χ2v) is 3.99. The number of aliphatic imine (C=N–C) groups is 1. The zero-order valence-electron chi connectivity index (χ0n) is 8.28. The molecule has 0 aliphatic carbocycles. The van der Waals surface area contributed by atoms with Gasteiger partial charge in [0.2, 0.25) is 0 Å². The number of rotatable bonds is 1. The first-order chi connectivity index (χ1) is 5.99. The number of nitrogens with zero attached hydrogens (tertiary/aromatic N) is 1. The smallest absolute Gasteiger partial charge is 0.124 e. The number of phenols is 1. The lowest BCUT2D eigenvalue weighted by Gasteiger charge is -2.10. The summed E-state index contributed by atoms with van der Waals surface area (Å²) in [4.78, 5) is 4.30. The molecule has 1 rings (SSSR count). The maximum absolute atomic E-state index is 9.42. The lowest BCUT2D eigenvalue weighted by Crippen LogP contribution is -2.09.